The molecular weight excluding hydrogens is 273 g/mol. The summed E-state index contributed by atoms with van der Waals surface area (Å²) < 4.78 is 0. The van der Waals surface area contributed by atoms with E-state index in [0.29, 0.717) is 17.2 Å². The molecule has 0 aromatic heterocycles. The molecule has 0 radical (unpaired) electrons. The highest BCUT2D eigenvalue weighted by Gasteiger charge is 2.27. The smallest absolute Gasteiger partial charge is 0.0509 e. The Kier molecular flexibility index (Phi) is 4.51. The van der Waals surface area contributed by atoms with Crippen molar-refractivity contribution in [3.05, 3.63) is 28.8 Å². The topological polar surface area (TPSA) is 3.24 Å². The van der Waals surface area contributed by atoms with E-state index in [1.54, 1.807) is 0 Å². The van der Waals surface area contributed by atoms with Gasteiger partial charge in [-0.05, 0) is 19.1 Å². The minimum absolute atomic E-state index is 0.472. The second kappa shape index (κ2) is 5.73. The summed E-state index contributed by atoms with van der Waals surface area (Å²) in [4.78, 5) is 2.44. The van der Waals surface area contributed by atoms with Crippen molar-refractivity contribution in [2.75, 3.05) is 17.2 Å². The van der Waals surface area contributed by atoms with E-state index < -0.39 is 0 Å². The van der Waals surface area contributed by atoms with Crippen molar-refractivity contribution in [3.8, 4) is 0 Å². The Labute approximate surface area is 117 Å². The van der Waals surface area contributed by atoms with Crippen LogP contribution >= 0.6 is 35.0 Å². The van der Waals surface area contributed by atoms with Gasteiger partial charge in [0.15, 0.2) is 0 Å². The molecule has 1 aromatic rings. The number of anilines is 1. The summed E-state index contributed by atoms with van der Waals surface area (Å²) in [5.74, 6) is 1.64. The largest absolute Gasteiger partial charge is 0.367 e. The van der Waals surface area contributed by atoms with Crippen LogP contribution in [0.2, 0.25) is 5.02 Å². The zero-order valence-electron chi connectivity index (χ0n) is 10.1. The van der Waals surface area contributed by atoms with Crippen LogP contribution < -0.4 is 4.90 Å². The van der Waals surface area contributed by atoms with Crippen molar-refractivity contribution in [3.63, 3.8) is 0 Å². The molecular formula is C13H17Cl2NS. The predicted molar refractivity (Wildman–Crippen MR) is 79.7 cm³/mol. The zero-order valence-corrected chi connectivity index (χ0v) is 12.4. The summed E-state index contributed by atoms with van der Waals surface area (Å²) in [5.41, 5.74) is 2.26. The number of benzene rings is 1. The molecule has 2 atom stereocenters. The molecule has 1 heterocycles. The van der Waals surface area contributed by atoms with E-state index in [4.69, 9.17) is 23.2 Å². The van der Waals surface area contributed by atoms with Gasteiger partial charge in [0.2, 0.25) is 0 Å². The Morgan fingerprint density at radius 3 is 2.88 bits per heavy atom. The molecule has 0 spiro atoms. The highest BCUT2D eigenvalue weighted by atomic mass is 35.5. The van der Waals surface area contributed by atoms with Gasteiger partial charge < -0.3 is 4.90 Å². The Bertz CT molecular complexity index is 397. The molecule has 0 bridgehead atoms. The number of alkyl halides is 1. The van der Waals surface area contributed by atoms with E-state index in [1.165, 1.54) is 11.4 Å². The van der Waals surface area contributed by atoms with Crippen LogP contribution in [0.5, 0.6) is 0 Å². The van der Waals surface area contributed by atoms with Gasteiger partial charge in [-0.1, -0.05) is 24.6 Å². The van der Waals surface area contributed by atoms with Gasteiger partial charge in [-0.15, -0.1) is 11.6 Å². The van der Waals surface area contributed by atoms with Crippen LogP contribution in [0, 0.1) is 0 Å². The van der Waals surface area contributed by atoms with Crippen molar-refractivity contribution in [1.29, 1.82) is 0 Å². The molecule has 2 rings (SSSR count). The first kappa shape index (κ1) is 13.4. The molecule has 2 unspecified atom stereocenters. The van der Waals surface area contributed by atoms with Gasteiger partial charge in [-0.25, -0.2) is 0 Å². The van der Waals surface area contributed by atoms with Crippen LogP contribution in [0.25, 0.3) is 0 Å². The van der Waals surface area contributed by atoms with E-state index in [0.717, 1.165) is 17.1 Å². The van der Waals surface area contributed by atoms with E-state index in [-0.39, 0.29) is 0 Å². The molecule has 4 heteroatoms. The first-order valence-electron chi connectivity index (χ1n) is 5.86. The van der Waals surface area contributed by atoms with Gasteiger partial charge in [-0.2, -0.15) is 11.8 Å². The van der Waals surface area contributed by atoms with Crippen molar-refractivity contribution in [2.45, 2.75) is 31.0 Å². The van der Waals surface area contributed by atoms with Crippen molar-refractivity contribution >= 4 is 40.7 Å². The molecule has 1 fully saturated rings. The summed E-state index contributed by atoms with van der Waals surface area (Å²) in [5, 5.41) is 1.42. The molecule has 1 aliphatic heterocycles. The first-order chi connectivity index (χ1) is 8.15. The van der Waals surface area contributed by atoms with Crippen molar-refractivity contribution in [2.24, 2.45) is 0 Å². The molecule has 1 saturated heterocycles. The fourth-order valence-electron chi connectivity index (χ4n) is 2.22. The zero-order chi connectivity index (χ0) is 12.4. The minimum atomic E-state index is 0.472. The third kappa shape index (κ3) is 2.69. The number of hydrogen-bond acceptors (Lipinski definition) is 2. The normalized spacial score (nSPS) is 25.1. The summed E-state index contributed by atoms with van der Waals surface area (Å²) in [6, 6.07) is 6.57. The fraction of sp³-hybridized carbons (Fsp3) is 0.538. The lowest BCUT2D eigenvalue weighted by Crippen LogP contribution is -2.45. The minimum Gasteiger partial charge on any atom is -0.367 e. The van der Waals surface area contributed by atoms with Crippen LogP contribution in [0.3, 0.4) is 0 Å². The SMILES string of the molecule is CC1SCCN(c2cccc(Cl)c2CCl)C1C. The lowest BCUT2D eigenvalue weighted by molar-refractivity contribution is 0.626. The molecule has 0 amide bonds. The average Bonchev–Trinajstić information content (AvgIpc) is 2.32. The predicted octanol–water partition coefficient (Wildman–Crippen LogP) is 4.41. The van der Waals surface area contributed by atoms with Gasteiger partial charge in [-0.3, -0.25) is 0 Å². The Hall–Kier alpha value is -0.0500. The second-order valence-electron chi connectivity index (χ2n) is 4.38. The maximum absolute atomic E-state index is 6.22. The lowest BCUT2D eigenvalue weighted by atomic mass is 10.1. The van der Waals surface area contributed by atoms with Gasteiger partial charge in [0, 0.05) is 39.9 Å². The summed E-state index contributed by atoms with van der Waals surface area (Å²) in [6.45, 7) is 5.63. The molecule has 0 aliphatic carbocycles. The number of halogens is 2. The number of nitrogens with zero attached hydrogens (tertiary/aromatic N) is 1. The van der Waals surface area contributed by atoms with Gasteiger partial charge in [0.1, 0.15) is 0 Å². The number of rotatable bonds is 2. The van der Waals surface area contributed by atoms with Crippen LogP contribution in [-0.2, 0) is 5.88 Å². The Morgan fingerprint density at radius 2 is 2.18 bits per heavy atom. The lowest BCUT2D eigenvalue weighted by Gasteiger charge is -2.40. The number of hydrogen-bond donors (Lipinski definition) is 0. The van der Waals surface area contributed by atoms with Crippen LogP contribution in [0.1, 0.15) is 19.4 Å². The molecule has 1 aliphatic rings. The summed E-state index contributed by atoms with van der Waals surface area (Å²) >= 11 is 14.3. The fourth-order valence-corrected chi connectivity index (χ4v) is 3.91. The number of thioether (sulfide) groups is 1. The molecule has 17 heavy (non-hydrogen) atoms. The van der Waals surface area contributed by atoms with E-state index in [1.807, 2.05) is 23.9 Å². The second-order valence-corrected chi connectivity index (χ2v) is 6.54. The van der Waals surface area contributed by atoms with Crippen LogP contribution in [0.15, 0.2) is 18.2 Å². The van der Waals surface area contributed by atoms with E-state index in [9.17, 15) is 0 Å². The van der Waals surface area contributed by atoms with Crippen molar-refractivity contribution in [1.82, 2.24) is 0 Å². The van der Waals surface area contributed by atoms with E-state index in [2.05, 4.69) is 24.8 Å². The highest BCUT2D eigenvalue weighted by molar-refractivity contribution is 8.00. The van der Waals surface area contributed by atoms with Gasteiger partial charge in [0.25, 0.3) is 0 Å². The molecule has 0 N–H and O–H groups in total. The van der Waals surface area contributed by atoms with Crippen molar-refractivity contribution < 1.29 is 0 Å². The monoisotopic (exact) mass is 289 g/mol. The van der Waals surface area contributed by atoms with Gasteiger partial charge in [0.05, 0.1) is 5.88 Å². The Balaban J connectivity index is 2.35. The van der Waals surface area contributed by atoms with E-state index >= 15 is 0 Å². The molecule has 0 saturated carbocycles. The average molecular weight is 290 g/mol. The Morgan fingerprint density at radius 1 is 1.41 bits per heavy atom. The molecule has 94 valence electrons. The first-order valence-corrected chi connectivity index (χ1v) is 7.83. The quantitative estimate of drug-likeness (QED) is 0.742. The van der Waals surface area contributed by atoms with Crippen LogP contribution in [-0.4, -0.2) is 23.6 Å². The third-order valence-electron chi connectivity index (χ3n) is 3.42. The van der Waals surface area contributed by atoms with Crippen LogP contribution in [0.4, 0.5) is 5.69 Å². The maximum Gasteiger partial charge on any atom is 0.0509 e. The molecule has 1 nitrogen and oxygen atoms in total. The summed E-state index contributed by atoms with van der Waals surface area (Å²) in [6.07, 6.45) is 0. The highest BCUT2D eigenvalue weighted by Crippen LogP contribution is 2.34. The molecule has 1 aromatic carbocycles. The van der Waals surface area contributed by atoms with Gasteiger partial charge >= 0.3 is 0 Å². The third-order valence-corrected chi connectivity index (χ3v) is 5.38. The standard InChI is InChI=1S/C13H17Cl2NS/c1-9-10(2)17-7-6-16(9)13-5-3-4-12(15)11(13)8-14/h3-5,9-10H,6-8H2,1-2H3. The maximum atomic E-state index is 6.22. The summed E-state index contributed by atoms with van der Waals surface area (Å²) in [7, 11) is 0.